The highest BCUT2D eigenvalue weighted by molar-refractivity contribution is 7.89. The van der Waals surface area contributed by atoms with Crippen molar-refractivity contribution >= 4 is 27.8 Å². The van der Waals surface area contributed by atoms with E-state index < -0.39 is 58.3 Å². The molecular weight excluding hydrogens is 693 g/mol. The molecule has 52 heavy (non-hydrogen) atoms. The van der Waals surface area contributed by atoms with Crippen LogP contribution < -0.4 is 10.6 Å². The molecule has 0 aliphatic carbocycles. The monoisotopic (exact) mass is 743 g/mol. The summed E-state index contributed by atoms with van der Waals surface area (Å²) in [6, 6.07) is 14.3. The van der Waals surface area contributed by atoms with Gasteiger partial charge in [0.1, 0.15) is 17.7 Å². The normalized spacial score (nSPS) is 13.5. The summed E-state index contributed by atoms with van der Waals surface area (Å²) in [5, 5.41) is 16.1. The second-order valence-electron chi connectivity index (χ2n) is 13.3. The molecule has 13 heteroatoms. The molecule has 3 N–H and O–H groups in total. The number of amides is 2. The maximum Gasteiger partial charge on any atom is 0.407 e. The molecule has 0 saturated heterocycles. The highest BCUT2D eigenvalue weighted by Crippen LogP contribution is 2.30. The van der Waals surface area contributed by atoms with E-state index in [0.29, 0.717) is 55.2 Å². The van der Waals surface area contributed by atoms with Crippen molar-refractivity contribution < 1.29 is 41.4 Å². The first-order valence-corrected chi connectivity index (χ1v) is 19.0. The van der Waals surface area contributed by atoms with Gasteiger partial charge < -0.3 is 20.5 Å². The van der Waals surface area contributed by atoms with E-state index in [0.717, 1.165) is 0 Å². The van der Waals surface area contributed by atoms with Crippen molar-refractivity contribution in [2.24, 2.45) is 5.92 Å². The predicted molar refractivity (Wildman–Crippen MR) is 195 cm³/mol. The van der Waals surface area contributed by atoms with Crippen LogP contribution >= 0.6 is 0 Å². The summed E-state index contributed by atoms with van der Waals surface area (Å²) in [6.45, 7) is 7.09. The first-order valence-electron chi connectivity index (χ1n) is 17.6. The standard InChI is InChI=1S/C39H51F2N3O7S/c1-6-8-33(9-7-10-34(25-45)44(24-23-26(2)3)52(49,50)35-21-15-28(16-22-35)27(4)46)42-38(47)37(43-39(48)51-5)36(29-11-17-31(40)18-12-29)30-13-19-32(41)20-14-30/h11-22,26,33-34,36-37,45H,6-10,23-25H2,1-5H3,(H,42,47)(H,43,48)/t33-,34-,37-/m0/s1. The molecule has 0 heterocycles. The largest absolute Gasteiger partial charge is 0.453 e. The molecular formula is C39H51F2N3O7S. The summed E-state index contributed by atoms with van der Waals surface area (Å²) in [5.41, 5.74) is 1.39. The number of nitrogens with zero attached hydrogens (tertiary/aromatic N) is 1. The molecule has 0 saturated carbocycles. The van der Waals surface area contributed by atoms with Gasteiger partial charge in [-0.15, -0.1) is 0 Å². The minimum absolute atomic E-state index is 0.0249. The third-order valence-corrected chi connectivity index (χ3v) is 11.0. The van der Waals surface area contributed by atoms with Gasteiger partial charge in [0.15, 0.2) is 5.78 Å². The fourth-order valence-corrected chi connectivity index (χ4v) is 7.80. The number of ketones is 1. The minimum Gasteiger partial charge on any atom is -0.453 e. The molecule has 0 fully saturated rings. The van der Waals surface area contributed by atoms with Gasteiger partial charge in [0, 0.05) is 30.1 Å². The fourth-order valence-electron chi connectivity index (χ4n) is 6.14. The predicted octanol–water partition coefficient (Wildman–Crippen LogP) is 6.58. The van der Waals surface area contributed by atoms with Crippen molar-refractivity contribution in [3.05, 3.63) is 101 Å². The molecule has 0 aromatic heterocycles. The van der Waals surface area contributed by atoms with Crippen LogP contribution in [-0.2, 0) is 19.6 Å². The summed E-state index contributed by atoms with van der Waals surface area (Å²) >= 11 is 0. The van der Waals surface area contributed by atoms with Gasteiger partial charge in [-0.25, -0.2) is 22.0 Å². The van der Waals surface area contributed by atoms with Crippen molar-refractivity contribution in [3.63, 3.8) is 0 Å². The van der Waals surface area contributed by atoms with Gasteiger partial charge in [-0.2, -0.15) is 4.31 Å². The third kappa shape index (κ3) is 11.9. The summed E-state index contributed by atoms with van der Waals surface area (Å²) < 4.78 is 61.8. The molecule has 0 radical (unpaired) electrons. The van der Waals surface area contributed by atoms with Crippen LogP contribution in [0, 0.1) is 17.6 Å². The zero-order valence-electron chi connectivity index (χ0n) is 30.5. The Balaban J connectivity index is 1.86. The number of alkyl carbamates (subject to hydrolysis) is 1. The van der Waals surface area contributed by atoms with Gasteiger partial charge in [0.05, 0.1) is 18.6 Å². The summed E-state index contributed by atoms with van der Waals surface area (Å²) in [5.74, 6) is -2.36. The van der Waals surface area contributed by atoms with E-state index in [9.17, 15) is 36.7 Å². The average Bonchev–Trinajstić information content (AvgIpc) is 3.11. The van der Waals surface area contributed by atoms with Crippen LogP contribution in [0.5, 0.6) is 0 Å². The van der Waals surface area contributed by atoms with E-state index in [4.69, 9.17) is 4.74 Å². The maximum atomic E-state index is 14.1. The number of hydrogen-bond acceptors (Lipinski definition) is 7. The lowest BCUT2D eigenvalue weighted by Gasteiger charge is -2.31. The summed E-state index contributed by atoms with van der Waals surface area (Å²) in [7, 11) is -2.87. The van der Waals surface area contributed by atoms with Gasteiger partial charge in [0.2, 0.25) is 15.9 Å². The van der Waals surface area contributed by atoms with Crippen LogP contribution in [0.2, 0.25) is 0 Å². The molecule has 0 bridgehead atoms. The minimum atomic E-state index is -4.03. The molecule has 0 spiro atoms. The molecule has 3 atom stereocenters. The van der Waals surface area contributed by atoms with E-state index in [2.05, 4.69) is 10.6 Å². The molecule has 0 aliphatic rings. The SMILES string of the molecule is CCC[C@@H](CCC[C@@H](CO)N(CCC(C)C)S(=O)(=O)c1ccc(C(C)=O)cc1)NC(=O)[C@@H](NC(=O)OC)C(c1ccc(F)cc1)c1ccc(F)cc1. The van der Waals surface area contributed by atoms with Crippen LogP contribution in [0.3, 0.4) is 0 Å². The Hall–Kier alpha value is -4.20. The highest BCUT2D eigenvalue weighted by atomic mass is 32.2. The highest BCUT2D eigenvalue weighted by Gasteiger charge is 2.35. The molecule has 3 aromatic carbocycles. The number of nitrogens with one attached hydrogen (secondary N) is 2. The van der Waals surface area contributed by atoms with Crippen LogP contribution in [0.25, 0.3) is 0 Å². The Morgan fingerprint density at radius 1 is 0.827 bits per heavy atom. The van der Waals surface area contributed by atoms with E-state index in [1.807, 2.05) is 20.8 Å². The van der Waals surface area contributed by atoms with Crippen molar-refractivity contribution in [1.29, 1.82) is 0 Å². The van der Waals surface area contributed by atoms with Gasteiger partial charge in [-0.05, 0) is 92.5 Å². The lowest BCUT2D eigenvalue weighted by Crippen LogP contribution is -2.52. The number of Topliss-reactive ketones (excluding diaryl/α,β-unsaturated/α-hetero) is 1. The number of carbonyl (C=O) groups excluding carboxylic acids is 3. The van der Waals surface area contributed by atoms with Crippen LogP contribution in [0.4, 0.5) is 13.6 Å². The van der Waals surface area contributed by atoms with E-state index in [-0.39, 0.29) is 29.2 Å². The molecule has 10 nitrogen and oxygen atoms in total. The molecule has 3 aromatic rings. The number of methoxy groups -OCH3 is 1. The van der Waals surface area contributed by atoms with Crippen LogP contribution in [0.15, 0.2) is 77.7 Å². The number of rotatable bonds is 20. The Morgan fingerprint density at radius 3 is 1.85 bits per heavy atom. The van der Waals surface area contributed by atoms with Crippen molar-refractivity contribution in [3.8, 4) is 0 Å². The number of hydrogen-bond donors (Lipinski definition) is 3. The van der Waals surface area contributed by atoms with Crippen LogP contribution in [0.1, 0.15) is 93.6 Å². The number of ether oxygens (including phenoxy) is 1. The second kappa shape index (κ2) is 20.1. The summed E-state index contributed by atoms with van der Waals surface area (Å²) in [4.78, 5) is 38.4. The topological polar surface area (TPSA) is 142 Å². The first-order chi connectivity index (χ1) is 24.7. The van der Waals surface area contributed by atoms with Gasteiger partial charge in [0.25, 0.3) is 0 Å². The second-order valence-corrected chi connectivity index (χ2v) is 15.2. The number of sulfonamides is 1. The summed E-state index contributed by atoms with van der Waals surface area (Å²) in [6.07, 6.45) is 2.14. The van der Waals surface area contributed by atoms with Gasteiger partial charge in [-0.1, -0.05) is 63.6 Å². The van der Waals surface area contributed by atoms with Crippen molar-refractivity contribution in [1.82, 2.24) is 14.9 Å². The lowest BCUT2D eigenvalue weighted by molar-refractivity contribution is -0.124. The number of halogens is 2. The Kier molecular flexibility index (Phi) is 16.4. The van der Waals surface area contributed by atoms with Crippen molar-refractivity contribution in [2.75, 3.05) is 20.3 Å². The Bertz CT molecular complexity index is 1660. The van der Waals surface area contributed by atoms with Gasteiger partial charge in [-0.3, -0.25) is 9.59 Å². The molecule has 2 amide bonds. The molecule has 0 aliphatic heterocycles. The Morgan fingerprint density at radius 2 is 1.38 bits per heavy atom. The average molecular weight is 744 g/mol. The first kappa shape index (κ1) is 42.2. The van der Waals surface area contributed by atoms with E-state index in [1.54, 1.807) is 0 Å². The quantitative estimate of drug-likeness (QED) is 0.111. The molecule has 284 valence electrons. The number of benzene rings is 3. The smallest absolute Gasteiger partial charge is 0.407 e. The number of aliphatic hydroxyl groups is 1. The molecule has 3 rings (SSSR count). The number of aliphatic hydroxyl groups excluding tert-OH is 1. The molecule has 0 unspecified atom stereocenters. The van der Waals surface area contributed by atoms with E-state index >= 15 is 0 Å². The lowest BCUT2D eigenvalue weighted by atomic mass is 9.84. The zero-order valence-corrected chi connectivity index (χ0v) is 31.3. The van der Waals surface area contributed by atoms with Crippen molar-refractivity contribution in [2.45, 2.75) is 95.2 Å². The van der Waals surface area contributed by atoms with Gasteiger partial charge >= 0.3 is 6.09 Å². The van der Waals surface area contributed by atoms with E-state index in [1.165, 1.54) is 91.1 Å². The third-order valence-electron chi connectivity index (χ3n) is 9.02. The maximum absolute atomic E-state index is 14.1. The number of carbonyl (C=O) groups is 3. The fraction of sp³-hybridized carbons (Fsp3) is 0.462. The van der Waals surface area contributed by atoms with Crippen LogP contribution in [-0.4, -0.2) is 74.0 Å². The zero-order chi connectivity index (χ0) is 38.4. The Labute approximate surface area is 306 Å².